The first kappa shape index (κ1) is 16.8. The van der Waals surface area contributed by atoms with E-state index in [0.717, 1.165) is 10.6 Å². The molecule has 0 radical (unpaired) electrons. The van der Waals surface area contributed by atoms with E-state index < -0.39 is 4.92 Å². The van der Waals surface area contributed by atoms with E-state index in [1.165, 1.54) is 42.7 Å². The number of nitro groups is 1. The van der Waals surface area contributed by atoms with Gasteiger partial charge in [0, 0.05) is 10.9 Å². The summed E-state index contributed by atoms with van der Waals surface area (Å²) in [5.74, 6) is 0.212. The molecule has 25 heavy (non-hydrogen) atoms. The minimum atomic E-state index is -0.525. The molecule has 0 N–H and O–H groups in total. The van der Waals surface area contributed by atoms with Crippen LogP contribution in [0.5, 0.6) is 11.5 Å². The predicted octanol–water partition coefficient (Wildman–Crippen LogP) is 4.45. The van der Waals surface area contributed by atoms with Crippen LogP contribution in [0.25, 0.3) is 10.6 Å². The zero-order chi connectivity index (χ0) is 17.8. The van der Waals surface area contributed by atoms with Gasteiger partial charge in [-0.2, -0.15) is 0 Å². The number of hydrogen-bond donors (Lipinski definition) is 0. The topological polar surface area (TPSA) is 74.5 Å². The van der Waals surface area contributed by atoms with Crippen molar-refractivity contribution in [3.05, 3.63) is 69.5 Å². The van der Waals surface area contributed by atoms with E-state index in [-0.39, 0.29) is 23.9 Å². The molecule has 0 saturated carbocycles. The molecule has 128 valence electrons. The zero-order valence-corrected chi connectivity index (χ0v) is 14.0. The van der Waals surface area contributed by atoms with Crippen LogP contribution >= 0.6 is 11.3 Å². The number of benzene rings is 2. The molecule has 0 fully saturated rings. The number of methoxy groups -OCH3 is 1. The minimum absolute atomic E-state index is 0.0882. The molecule has 1 aromatic heterocycles. The third-order valence-electron chi connectivity index (χ3n) is 3.38. The maximum Gasteiger partial charge on any atom is 0.314 e. The molecule has 3 aromatic rings. The summed E-state index contributed by atoms with van der Waals surface area (Å²) in [7, 11) is 1.44. The molecule has 8 heteroatoms. The summed E-state index contributed by atoms with van der Waals surface area (Å²) in [5, 5.41) is 13.7. The smallest absolute Gasteiger partial charge is 0.314 e. The monoisotopic (exact) mass is 360 g/mol. The lowest BCUT2D eigenvalue weighted by molar-refractivity contribution is -0.386. The van der Waals surface area contributed by atoms with Crippen molar-refractivity contribution in [2.45, 2.75) is 6.61 Å². The number of ether oxygens (including phenoxy) is 2. The van der Waals surface area contributed by atoms with Crippen molar-refractivity contribution in [3.63, 3.8) is 0 Å². The summed E-state index contributed by atoms with van der Waals surface area (Å²) in [5.41, 5.74) is 1.26. The van der Waals surface area contributed by atoms with Crippen molar-refractivity contribution in [2.75, 3.05) is 7.11 Å². The first-order chi connectivity index (χ1) is 12.1. The lowest BCUT2D eigenvalue weighted by atomic mass is 10.2. The Morgan fingerprint density at radius 1 is 1.24 bits per heavy atom. The van der Waals surface area contributed by atoms with Crippen LogP contribution in [0.1, 0.15) is 5.69 Å². The molecule has 3 rings (SSSR count). The highest BCUT2D eigenvalue weighted by molar-refractivity contribution is 7.13. The Morgan fingerprint density at radius 2 is 2.00 bits per heavy atom. The molecule has 0 saturated heterocycles. The highest BCUT2D eigenvalue weighted by Gasteiger charge is 2.17. The van der Waals surface area contributed by atoms with E-state index in [1.807, 2.05) is 0 Å². The normalized spacial score (nSPS) is 10.5. The quantitative estimate of drug-likeness (QED) is 0.480. The third kappa shape index (κ3) is 3.92. The van der Waals surface area contributed by atoms with Crippen LogP contribution in [-0.4, -0.2) is 17.0 Å². The van der Waals surface area contributed by atoms with Gasteiger partial charge >= 0.3 is 5.69 Å². The van der Waals surface area contributed by atoms with Crippen molar-refractivity contribution in [1.29, 1.82) is 0 Å². The molecule has 0 spiro atoms. The van der Waals surface area contributed by atoms with E-state index in [1.54, 1.807) is 23.6 Å². The van der Waals surface area contributed by atoms with Crippen molar-refractivity contribution in [2.24, 2.45) is 0 Å². The van der Waals surface area contributed by atoms with Gasteiger partial charge in [0.25, 0.3) is 0 Å². The lowest BCUT2D eigenvalue weighted by Crippen LogP contribution is -2.00. The standard InChI is InChI=1S/C17H13FN2O4S/c1-23-14-6-7-16(15(8-14)20(21)22)24-9-13-10-25-17(19-13)11-2-4-12(18)5-3-11/h2-8,10H,9H2,1H3. The van der Waals surface area contributed by atoms with Gasteiger partial charge in [0.2, 0.25) is 0 Å². The van der Waals surface area contributed by atoms with Gasteiger partial charge in [-0.05, 0) is 36.4 Å². The molecular formula is C17H13FN2O4S. The van der Waals surface area contributed by atoms with Crippen molar-refractivity contribution in [1.82, 2.24) is 4.98 Å². The van der Waals surface area contributed by atoms with Gasteiger partial charge in [-0.3, -0.25) is 10.1 Å². The summed E-state index contributed by atoms with van der Waals surface area (Å²) < 4.78 is 23.5. The summed E-state index contributed by atoms with van der Waals surface area (Å²) in [4.78, 5) is 15.0. The Balaban J connectivity index is 1.74. The Hall–Kier alpha value is -3.00. The molecule has 0 aliphatic rings. The van der Waals surface area contributed by atoms with Crippen molar-refractivity contribution >= 4 is 17.0 Å². The number of halogens is 1. The molecule has 1 heterocycles. The van der Waals surface area contributed by atoms with Gasteiger partial charge < -0.3 is 9.47 Å². The molecule has 0 unspecified atom stereocenters. The molecule has 0 amide bonds. The van der Waals surface area contributed by atoms with Crippen LogP contribution < -0.4 is 9.47 Å². The van der Waals surface area contributed by atoms with Crippen LogP contribution in [0.3, 0.4) is 0 Å². The minimum Gasteiger partial charge on any atom is -0.496 e. The van der Waals surface area contributed by atoms with Crippen LogP contribution in [0.15, 0.2) is 47.8 Å². The fourth-order valence-corrected chi connectivity index (χ4v) is 2.95. The zero-order valence-electron chi connectivity index (χ0n) is 13.1. The van der Waals surface area contributed by atoms with E-state index in [9.17, 15) is 14.5 Å². The van der Waals surface area contributed by atoms with Crippen LogP contribution in [-0.2, 0) is 6.61 Å². The summed E-state index contributed by atoms with van der Waals surface area (Å²) >= 11 is 1.39. The average Bonchev–Trinajstić information content (AvgIpc) is 3.09. The molecule has 0 aliphatic carbocycles. The van der Waals surface area contributed by atoms with Crippen molar-refractivity contribution in [3.8, 4) is 22.1 Å². The van der Waals surface area contributed by atoms with Gasteiger partial charge in [0.05, 0.1) is 23.8 Å². The highest BCUT2D eigenvalue weighted by Crippen LogP contribution is 2.32. The number of aromatic nitrogens is 1. The number of nitro benzene ring substituents is 1. The Labute approximate surface area is 146 Å². The second kappa shape index (κ2) is 7.27. The van der Waals surface area contributed by atoms with Gasteiger partial charge in [0.1, 0.15) is 23.2 Å². The molecule has 0 atom stereocenters. The largest absolute Gasteiger partial charge is 0.496 e. The molecule has 2 aromatic carbocycles. The molecule has 6 nitrogen and oxygen atoms in total. The average molecular weight is 360 g/mol. The lowest BCUT2D eigenvalue weighted by Gasteiger charge is -2.06. The Kier molecular flexibility index (Phi) is 4.90. The van der Waals surface area contributed by atoms with Crippen LogP contribution in [0.4, 0.5) is 10.1 Å². The van der Waals surface area contributed by atoms with E-state index >= 15 is 0 Å². The highest BCUT2D eigenvalue weighted by atomic mass is 32.1. The Bertz CT molecular complexity index is 896. The van der Waals surface area contributed by atoms with Crippen LogP contribution in [0.2, 0.25) is 0 Å². The fourth-order valence-electron chi connectivity index (χ4n) is 2.14. The first-order valence-corrected chi connectivity index (χ1v) is 8.10. The number of thiazole rings is 1. The summed E-state index contributed by atoms with van der Waals surface area (Å²) in [6.45, 7) is 0.0882. The summed E-state index contributed by atoms with van der Waals surface area (Å²) in [6.07, 6.45) is 0. The molecular weight excluding hydrogens is 347 g/mol. The van der Waals surface area contributed by atoms with Crippen LogP contribution in [0, 0.1) is 15.9 Å². The van der Waals surface area contributed by atoms with E-state index in [4.69, 9.17) is 9.47 Å². The van der Waals surface area contributed by atoms with Crippen molar-refractivity contribution < 1.29 is 18.8 Å². The number of nitrogens with zero attached hydrogens (tertiary/aromatic N) is 2. The maximum atomic E-state index is 13.0. The SMILES string of the molecule is COc1ccc(OCc2csc(-c3ccc(F)cc3)n2)c([N+](=O)[O-])c1. The number of rotatable bonds is 6. The second-order valence-corrected chi connectivity index (χ2v) is 5.89. The summed E-state index contributed by atoms with van der Waals surface area (Å²) in [6, 6.07) is 10.4. The van der Waals surface area contributed by atoms with Gasteiger partial charge in [-0.1, -0.05) is 0 Å². The Morgan fingerprint density at radius 3 is 2.68 bits per heavy atom. The fraction of sp³-hybridized carbons (Fsp3) is 0.118. The second-order valence-electron chi connectivity index (χ2n) is 5.03. The maximum absolute atomic E-state index is 13.0. The van der Waals surface area contributed by atoms with E-state index in [2.05, 4.69) is 4.98 Å². The first-order valence-electron chi connectivity index (χ1n) is 7.22. The van der Waals surface area contributed by atoms with E-state index in [0.29, 0.717) is 11.4 Å². The van der Waals surface area contributed by atoms with Gasteiger partial charge in [-0.15, -0.1) is 11.3 Å². The third-order valence-corrected chi connectivity index (χ3v) is 4.32. The predicted molar refractivity (Wildman–Crippen MR) is 91.5 cm³/mol. The van der Waals surface area contributed by atoms with Gasteiger partial charge in [0.15, 0.2) is 5.75 Å². The number of hydrogen-bond acceptors (Lipinski definition) is 6. The van der Waals surface area contributed by atoms with Gasteiger partial charge in [-0.25, -0.2) is 9.37 Å². The molecule has 0 aliphatic heterocycles. The molecule has 0 bridgehead atoms.